The fourth-order valence-electron chi connectivity index (χ4n) is 4.04. The Kier molecular flexibility index (Phi) is 7.83. The van der Waals surface area contributed by atoms with E-state index in [1.807, 2.05) is 25.1 Å². The highest BCUT2D eigenvalue weighted by Gasteiger charge is 2.31. The van der Waals surface area contributed by atoms with Gasteiger partial charge in [0.15, 0.2) is 11.5 Å². The summed E-state index contributed by atoms with van der Waals surface area (Å²) < 4.78 is 45.7. The maximum absolute atomic E-state index is 14.2. The molecule has 8 nitrogen and oxygen atoms in total. The van der Waals surface area contributed by atoms with Crippen molar-refractivity contribution in [2.24, 2.45) is 0 Å². The zero-order chi connectivity index (χ0) is 26.4. The Bertz CT molecular complexity index is 1500. The highest BCUT2D eigenvalue weighted by atomic mass is 32.2. The molecule has 1 amide bonds. The van der Waals surface area contributed by atoms with E-state index >= 15 is 0 Å². The molecule has 0 aliphatic carbocycles. The van der Waals surface area contributed by atoms with Gasteiger partial charge in [-0.1, -0.05) is 42.5 Å². The van der Waals surface area contributed by atoms with Gasteiger partial charge >= 0.3 is 0 Å². The molecule has 0 bridgehead atoms. The molecule has 0 heterocycles. The topological polar surface area (TPSA) is 94.2 Å². The number of hydrogen-bond acceptors (Lipinski definition) is 6. The van der Waals surface area contributed by atoms with Crippen molar-refractivity contribution in [3.8, 4) is 17.2 Å². The lowest BCUT2D eigenvalue weighted by molar-refractivity contribution is -0.114. The van der Waals surface area contributed by atoms with Gasteiger partial charge in [0.25, 0.3) is 10.0 Å². The number of fused-ring (bicyclic) bond motifs is 1. The van der Waals surface area contributed by atoms with Crippen LogP contribution in [0.4, 0.5) is 11.4 Å². The number of methoxy groups -OCH3 is 2. The fraction of sp³-hybridized carbons (Fsp3) is 0.179. The van der Waals surface area contributed by atoms with Crippen molar-refractivity contribution in [2.45, 2.75) is 11.8 Å². The first-order valence-corrected chi connectivity index (χ1v) is 13.1. The van der Waals surface area contributed by atoms with Crippen molar-refractivity contribution < 1.29 is 27.4 Å². The van der Waals surface area contributed by atoms with E-state index in [-0.39, 0.29) is 16.3 Å². The Hall–Kier alpha value is -4.24. The summed E-state index contributed by atoms with van der Waals surface area (Å²) in [7, 11) is -1.34. The van der Waals surface area contributed by atoms with Crippen LogP contribution in [0.1, 0.15) is 6.92 Å². The maximum atomic E-state index is 14.2. The first-order chi connectivity index (χ1) is 17.9. The number of nitrogens with one attached hydrogen (secondary N) is 1. The zero-order valence-corrected chi connectivity index (χ0v) is 21.6. The molecule has 0 aliphatic rings. The Morgan fingerprint density at radius 3 is 2.27 bits per heavy atom. The van der Waals surface area contributed by atoms with Crippen LogP contribution in [0.25, 0.3) is 10.8 Å². The van der Waals surface area contributed by atoms with Gasteiger partial charge in [-0.05, 0) is 54.8 Å². The van der Waals surface area contributed by atoms with Crippen molar-refractivity contribution in [3.63, 3.8) is 0 Å². The molecule has 0 saturated heterocycles. The summed E-state index contributed by atoms with van der Waals surface area (Å²) in [6.45, 7) is 1.91. The van der Waals surface area contributed by atoms with E-state index in [0.29, 0.717) is 29.2 Å². The van der Waals surface area contributed by atoms with Crippen LogP contribution in [-0.4, -0.2) is 41.7 Å². The van der Waals surface area contributed by atoms with E-state index in [0.717, 1.165) is 9.69 Å². The van der Waals surface area contributed by atoms with Crippen molar-refractivity contribution in [1.29, 1.82) is 0 Å². The highest BCUT2D eigenvalue weighted by Crippen LogP contribution is 2.40. The minimum Gasteiger partial charge on any atom is -0.494 e. The van der Waals surface area contributed by atoms with Crippen molar-refractivity contribution in [1.82, 2.24) is 0 Å². The predicted octanol–water partition coefficient (Wildman–Crippen LogP) is 5.09. The largest absolute Gasteiger partial charge is 0.494 e. The Morgan fingerprint density at radius 2 is 1.57 bits per heavy atom. The number of carbonyl (C=O) groups excluding carboxylic acids is 1. The van der Waals surface area contributed by atoms with Gasteiger partial charge in [0.1, 0.15) is 12.3 Å². The quantitative estimate of drug-likeness (QED) is 0.313. The molecule has 0 spiro atoms. The maximum Gasteiger partial charge on any atom is 0.265 e. The molecule has 0 radical (unpaired) electrons. The number of para-hydroxylation sites is 1. The molecule has 0 aliphatic heterocycles. The van der Waals surface area contributed by atoms with Gasteiger partial charge in [-0.25, -0.2) is 8.42 Å². The van der Waals surface area contributed by atoms with E-state index < -0.39 is 22.5 Å². The SMILES string of the molecule is CCOc1ccc(NC(=O)CN(c2cccc(OC)c2OC)S(=O)(=O)c2cccc3ccccc23)cc1. The van der Waals surface area contributed by atoms with Crippen LogP contribution in [0.15, 0.2) is 89.8 Å². The monoisotopic (exact) mass is 520 g/mol. The standard InChI is InChI=1S/C28H28N2O6S/c1-4-36-22-17-15-21(16-18-22)29-27(31)19-30(24-12-8-13-25(34-2)28(24)35-3)37(32,33)26-14-7-10-20-9-5-6-11-23(20)26/h5-18H,4,19H2,1-3H3,(H,29,31). The van der Waals surface area contributed by atoms with E-state index in [2.05, 4.69) is 5.32 Å². The summed E-state index contributed by atoms with van der Waals surface area (Å²) in [5.41, 5.74) is 0.685. The van der Waals surface area contributed by atoms with Crippen LogP contribution in [0.2, 0.25) is 0 Å². The smallest absolute Gasteiger partial charge is 0.265 e. The first-order valence-electron chi connectivity index (χ1n) is 11.6. The molecule has 0 saturated carbocycles. The second-order valence-electron chi connectivity index (χ2n) is 8.01. The Morgan fingerprint density at radius 1 is 0.865 bits per heavy atom. The molecular formula is C28H28N2O6S. The first kappa shape index (κ1) is 25.8. The number of nitrogens with zero attached hydrogens (tertiary/aromatic N) is 1. The minimum atomic E-state index is -4.22. The van der Waals surface area contributed by atoms with E-state index in [1.54, 1.807) is 60.7 Å². The lowest BCUT2D eigenvalue weighted by Crippen LogP contribution is -2.38. The number of rotatable bonds is 10. The third kappa shape index (κ3) is 5.46. The van der Waals surface area contributed by atoms with Crippen LogP contribution >= 0.6 is 0 Å². The summed E-state index contributed by atoms with van der Waals surface area (Å²) >= 11 is 0. The second kappa shape index (κ2) is 11.2. The van der Waals surface area contributed by atoms with Gasteiger partial charge in [-0.3, -0.25) is 9.10 Å². The van der Waals surface area contributed by atoms with Gasteiger partial charge in [0.2, 0.25) is 5.91 Å². The lowest BCUT2D eigenvalue weighted by Gasteiger charge is -2.27. The Balaban J connectivity index is 1.77. The summed E-state index contributed by atoms with van der Waals surface area (Å²) in [4.78, 5) is 13.3. The van der Waals surface area contributed by atoms with E-state index in [4.69, 9.17) is 14.2 Å². The van der Waals surface area contributed by atoms with Crippen molar-refractivity contribution >= 4 is 38.1 Å². The van der Waals surface area contributed by atoms with Crippen molar-refractivity contribution in [3.05, 3.63) is 84.9 Å². The average Bonchev–Trinajstić information content (AvgIpc) is 2.92. The van der Waals surface area contributed by atoms with Gasteiger partial charge < -0.3 is 19.5 Å². The molecular weight excluding hydrogens is 492 g/mol. The molecule has 4 aromatic rings. The van der Waals surface area contributed by atoms with Gasteiger partial charge in [-0.2, -0.15) is 0 Å². The van der Waals surface area contributed by atoms with Crippen LogP contribution < -0.4 is 23.8 Å². The molecule has 4 rings (SSSR count). The number of ether oxygens (including phenoxy) is 3. The van der Waals surface area contributed by atoms with Gasteiger partial charge in [-0.15, -0.1) is 0 Å². The predicted molar refractivity (Wildman–Crippen MR) is 144 cm³/mol. The molecule has 0 fully saturated rings. The van der Waals surface area contributed by atoms with E-state index in [9.17, 15) is 13.2 Å². The summed E-state index contributed by atoms with van der Waals surface area (Å²) in [6, 6.07) is 24.0. The normalized spacial score (nSPS) is 11.1. The summed E-state index contributed by atoms with van der Waals surface area (Å²) in [5, 5.41) is 4.07. The number of amides is 1. The fourth-order valence-corrected chi connectivity index (χ4v) is 5.68. The molecule has 37 heavy (non-hydrogen) atoms. The second-order valence-corrected chi connectivity index (χ2v) is 9.84. The van der Waals surface area contributed by atoms with E-state index in [1.165, 1.54) is 20.3 Å². The lowest BCUT2D eigenvalue weighted by atomic mass is 10.1. The third-order valence-electron chi connectivity index (χ3n) is 5.70. The summed E-state index contributed by atoms with van der Waals surface area (Å²) in [6.07, 6.45) is 0. The minimum absolute atomic E-state index is 0.0735. The number of anilines is 2. The molecule has 192 valence electrons. The van der Waals surface area contributed by atoms with Crippen LogP contribution in [0.5, 0.6) is 17.2 Å². The van der Waals surface area contributed by atoms with Gasteiger partial charge in [0.05, 0.1) is 31.4 Å². The molecule has 1 N–H and O–H groups in total. The number of carbonyl (C=O) groups is 1. The molecule has 9 heteroatoms. The number of hydrogen-bond donors (Lipinski definition) is 1. The average molecular weight is 521 g/mol. The third-order valence-corrected chi connectivity index (χ3v) is 7.52. The Labute approximate surface area is 216 Å². The molecule has 0 aromatic heterocycles. The van der Waals surface area contributed by atoms with Crippen LogP contribution in [0, 0.1) is 0 Å². The molecule has 0 atom stereocenters. The molecule has 4 aromatic carbocycles. The number of benzene rings is 4. The van der Waals surface area contributed by atoms with Crippen molar-refractivity contribution in [2.75, 3.05) is 37.0 Å². The number of sulfonamides is 1. The van der Waals surface area contributed by atoms with Crippen LogP contribution in [0.3, 0.4) is 0 Å². The highest BCUT2D eigenvalue weighted by molar-refractivity contribution is 7.93. The zero-order valence-electron chi connectivity index (χ0n) is 20.8. The van der Waals surface area contributed by atoms with Crippen LogP contribution in [-0.2, 0) is 14.8 Å². The van der Waals surface area contributed by atoms with Gasteiger partial charge in [0, 0.05) is 11.1 Å². The summed E-state index contributed by atoms with van der Waals surface area (Å²) in [5.74, 6) is 0.673. The molecule has 0 unspecified atom stereocenters.